The van der Waals surface area contributed by atoms with Crippen molar-refractivity contribution >= 4 is 29.9 Å². The molecule has 1 aliphatic rings. The summed E-state index contributed by atoms with van der Waals surface area (Å²) in [4.78, 5) is 6.80. The molecule has 1 fully saturated rings. The first-order chi connectivity index (χ1) is 13.2. The molecule has 4 rings (SSSR count). The Labute approximate surface area is 182 Å². The number of likely N-dealkylation sites (tertiary alicyclic amines) is 1. The SMILES string of the molecule is CN=C(NCc1ccc(-n2cccn2)cc1)N1CCC(c2cnn(C)c2)C1.I. The van der Waals surface area contributed by atoms with Crippen LogP contribution in [-0.2, 0) is 13.6 Å². The molecule has 148 valence electrons. The van der Waals surface area contributed by atoms with Crippen molar-refractivity contribution in [3.63, 3.8) is 0 Å². The summed E-state index contributed by atoms with van der Waals surface area (Å²) in [5.41, 5.74) is 3.59. The number of hydrogen-bond acceptors (Lipinski definition) is 3. The van der Waals surface area contributed by atoms with Crippen LogP contribution in [0.15, 0.2) is 60.1 Å². The van der Waals surface area contributed by atoms with Crippen molar-refractivity contribution in [1.82, 2.24) is 29.8 Å². The molecule has 7 nitrogen and oxygen atoms in total. The van der Waals surface area contributed by atoms with E-state index in [0.29, 0.717) is 5.92 Å². The summed E-state index contributed by atoms with van der Waals surface area (Å²) in [6.07, 6.45) is 8.96. The van der Waals surface area contributed by atoms with Gasteiger partial charge in [-0.3, -0.25) is 9.67 Å². The number of aliphatic imine (C=N–C) groups is 1. The van der Waals surface area contributed by atoms with E-state index in [9.17, 15) is 0 Å². The van der Waals surface area contributed by atoms with Crippen molar-refractivity contribution in [3.05, 3.63) is 66.2 Å². The van der Waals surface area contributed by atoms with Crippen LogP contribution in [0.25, 0.3) is 5.69 Å². The van der Waals surface area contributed by atoms with Gasteiger partial charge in [0, 0.05) is 58.2 Å². The van der Waals surface area contributed by atoms with Gasteiger partial charge >= 0.3 is 0 Å². The quantitative estimate of drug-likeness (QED) is 0.347. The first-order valence-electron chi connectivity index (χ1n) is 9.26. The van der Waals surface area contributed by atoms with Crippen LogP contribution in [-0.4, -0.2) is 50.6 Å². The van der Waals surface area contributed by atoms with Gasteiger partial charge in [0.2, 0.25) is 0 Å². The Morgan fingerprint density at radius 1 is 1.25 bits per heavy atom. The van der Waals surface area contributed by atoms with Crippen LogP contribution in [0.1, 0.15) is 23.5 Å². The molecule has 1 saturated heterocycles. The van der Waals surface area contributed by atoms with E-state index >= 15 is 0 Å². The molecule has 0 amide bonds. The standard InChI is InChI=1S/C20H25N7.HI/c1-21-20(26-11-8-17(15-26)18-13-24-25(2)14-18)22-12-16-4-6-19(7-5-16)27-10-3-9-23-27;/h3-7,9-10,13-14,17H,8,11-12,15H2,1-2H3,(H,21,22);1H. The third-order valence-corrected chi connectivity index (χ3v) is 5.05. The predicted molar refractivity (Wildman–Crippen MR) is 121 cm³/mol. The number of nitrogens with one attached hydrogen (secondary N) is 1. The topological polar surface area (TPSA) is 63.3 Å². The number of hydrogen-bond donors (Lipinski definition) is 1. The van der Waals surface area contributed by atoms with Gasteiger partial charge in [0.15, 0.2) is 5.96 Å². The largest absolute Gasteiger partial charge is 0.352 e. The van der Waals surface area contributed by atoms with Gasteiger partial charge in [0.05, 0.1) is 11.9 Å². The third kappa shape index (κ3) is 4.54. The van der Waals surface area contributed by atoms with Gasteiger partial charge in [-0.25, -0.2) is 4.68 Å². The summed E-state index contributed by atoms with van der Waals surface area (Å²) >= 11 is 0. The molecule has 28 heavy (non-hydrogen) atoms. The Morgan fingerprint density at radius 2 is 2.07 bits per heavy atom. The summed E-state index contributed by atoms with van der Waals surface area (Å²) in [6, 6.07) is 10.3. The Bertz CT molecular complexity index is 899. The van der Waals surface area contributed by atoms with Crippen LogP contribution in [0.4, 0.5) is 0 Å². The van der Waals surface area contributed by atoms with Crippen molar-refractivity contribution in [2.24, 2.45) is 12.0 Å². The van der Waals surface area contributed by atoms with E-state index in [2.05, 4.69) is 55.9 Å². The number of benzene rings is 1. The third-order valence-electron chi connectivity index (χ3n) is 5.05. The van der Waals surface area contributed by atoms with Crippen molar-refractivity contribution in [3.8, 4) is 5.69 Å². The van der Waals surface area contributed by atoms with Gasteiger partial charge in [0.1, 0.15) is 0 Å². The lowest BCUT2D eigenvalue weighted by Crippen LogP contribution is -2.39. The summed E-state index contributed by atoms with van der Waals surface area (Å²) < 4.78 is 3.73. The molecule has 1 unspecified atom stereocenters. The monoisotopic (exact) mass is 491 g/mol. The minimum Gasteiger partial charge on any atom is -0.352 e. The molecule has 0 saturated carbocycles. The van der Waals surface area contributed by atoms with Crippen molar-refractivity contribution in [1.29, 1.82) is 0 Å². The number of rotatable bonds is 4. The highest BCUT2D eigenvalue weighted by atomic mass is 127. The Morgan fingerprint density at radius 3 is 2.71 bits per heavy atom. The molecular weight excluding hydrogens is 465 g/mol. The Balaban J connectivity index is 0.00000225. The van der Waals surface area contributed by atoms with Gasteiger partial charge in [-0.05, 0) is 35.7 Å². The van der Waals surface area contributed by atoms with Crippen LogP contribution in [0.5, 0.6) is 0 Å². The van der Waals surface area contributed by atoms with Crippen LogP contribution >= 0.6 is 24.0 Å². The fourth-order valence-electron chi connectivity index (χ4n) is 3.58. The lowest BCUT2D eigenvalue weighted by molar-refractivity contribution is 0.486. The van der Waals surface area contributed by atoms with E-state index in [1.807, 2.05) is 41.9 Å². The number of halogens is 1. The number of guanidine groups is 1. The molecule has 0 bridgehead atoms. The average molecular weight is 491 g/mol. The second-order valence-electron chi connectivity index (χ2n) is 6.90. The highest BCUT2D eigenvalue weighted by Gasteiger charge is 2.26. The Kier molecular flexibility index (Phi) is 6.71. The van der Waals surface area contributed by atoms with Crippen LogP contribution < -0.4 is 5.32 Å². The molecule has 3 aromatic rings. The van der Waals surface area contributed by atoms with Crippen molar-refractivity contribution in [2.45, 2.75) is 18.9 Å². The number of aryl methyl sites for hydroxylation is 1. The lowest BCUT2D eigenvalue weighted by atomic mass is 10.0. The van der Waals surface area contributed by atoms with Crippen LogP contribution in [0.3, 0.4) is 0 Å². The van der Waals surface area contributed by atoms with Gasteiger partial charge in [-0.15, -0.1) is 24.0 Å². The lowest BCUT2D eigenvalue weighted by Gasteiger charge is -2.21. The highest BCUT2D eigenvalue weighted by Crippen LogP contribution is 2.26. The second-order valence-corrected chi connectivity index (χ2v) is 6.90. The molecule has 2 aromatic heterocycles. The smallest absolute Gasteiger partial charge is 0.193 e. The second kappa shape index (κ2) is 9.22. The fraction of sp³-hybridized carbons (Fsp3) is 0.350. The summed E-state index contributed by atoms with van der Waals surface area (Å²) in [7, 11) is 3.81. The van der Waals surface area contributed by atoms with E-state index in [1.54, 1.807) is 6.20 Å². The minimum absolute atomic E-state index is 0. The molecule has 0 radical (unpaired) electrons. The van der Waals surface area contributed by atoms with Gasteiger partial charge in [-0.2, -0.15) is 10.2 Å². The zero-order valence-electron chi connectivity index (χ0n) is 16.2. The molecule has 1 aliphatic heterocycles. The molecule has 1 atom stereocenters. The molecule has 3 heterocycles. The summed E-state index contributed by atoms with van der Waals surface area (Å²) in [6.45, 7) is 2.74. The molecule has 1 N–H and O–H groups in total. The zero-order chi connectivity index (χ0) is 18.6. The number of aromatic nitrogens is 4. The molecule has 8 heteroatoms. The maximum Gasteiger partial charge on any atom is 0.193 e. The van der Waals surface area contributed by atoms with Gasteiger partial charge < -0.3 is 10.2 Å². The molecule has 0 spiro atoms. The van der Waals surface area contributed by atoms with E-state index in [4.69, 9.17) is 0 Å². The van der Waals surface area contributed by atoms with Crippen molar-refractivity contribution in [2.75, 3.05) is 20.1 Å². The van der Waals surface area contributed by atoms with Gasteiger partial charge in [0.25, 0.3) is 0 Å². The first kappa shape index (κ1) is 20.4. The minimum atomic E-state index is 0. The van der Waals surface area contributed by atoms with E-state index in [-0.39, 0.29) is 24.0 Å². The predicted octanol–water partition coefficient (Wildman–Crippen LogP) is 2.79. The normalized spacial score (nSPS) is 16.9. The van der Waals surface area contributed by atoms with Crippen LogP contribution in [0, 0.1) is 0 Å². The molecular formula is C20H26IN7. The highest BCUT2D eigenvalue weighted by molar-refractivity contribution is 14.0. The summed E-state index contributed by atoms with van der Waals surface area (Å²) in [5, 5.41) is 12.0. The number of nitrogens with zero attached hydrogens (tertiary/aromatic N) is 6. The first-order valence-corrected chi connectivity index (χ1v) is 9.26. The fourth-order valence-corrected chi connectivity index (χ4v) is 3.58. The van der Waals surface area contributed by atoms with Crippen molar-refractivity contribution < 1.29 is 0 Å². The van der Waals surface area contributed by atoms with E-state index in [1.165, 1.54) is 11.1 Å². The van der Waals surface area contributed by atoms with E-state index < -0.39 is 0 Å². The maximum atomic E-state index is 4.47. The maximum absolute atomic E-state index is 4.47. The van der Waals surface area contributed by atoms with Crippen LogP contribution in [0.2, 0.25) is 0 Å². The molecule has 0 aliphatic carbocycles. The van der Waals surface area contributed by atoms with E-state index in [0.717, 1.165) is 37.7 Å². The Hall–Kier alpha value is -2.36. The summed E-state index contributed by atoms with van der Waals surface area (Å²) in [5.74, 6) is 1.48. The zero-order valence-corrected chi connectivity index (χ0v) is 18.5. The molecule has 1 aromatic carbocycles. The average Bonchev–Trinajstić information content (AvgIpc) is 3.44. The van der Waals surface area contributed by atoms with Gasteiger partial charge in [-0.1, -0.05) is 12.1 Å².